The Morgan fingerprint density at radius 2 is 1.91 bits per heavy atom. The Labute approximate surface area is 137 Å². The molecule has 2 heterocycles. The normalized spacial score (nSPS) is 16.1. The number of hydrogen-bond donors (Lipinski definition) is 0. The number of nitrogens with zero attached hydrogens (tertiary/aromatic N) is 3. The monoisotopic (exact) mass is 333 g/mol. The average Bonchev–Trinajstić information content (AvgIpc) is 2.80. The van der Waals surface area contributed by atoms with Gasteiger partial charge in [0.25, 0.3) is 0 Å². The van der Waals surface area contributed by atoms with Crippen molar-refractivity contribution in [2.24, 2.45) is 7.05 Å². The molecule has 5 nitrogen and oxygen atoms in total. The summed E-state index contributed by atoms with van der Waals surface area (Å²) in [7, 11) is -1.19. The Balaban J connectivity index is 1.65. The summed E-state index contributed by atoms with van der Waals surface area (Å²) in [5.74, 6) is 0. The van der Waals surface area contributed by atoms with Crippen LogP contribution in [0.3, 0.4) is 0 Å². The molecule has 0 unspecified atom stereocenters. The first-order valence-corrected chi connectivity index (χ1v) is 9.83. The molecule has 6 heteroatoms. The Hall–Kier alpha value is -1.66. The molecular weight excluding hydrogens is 310 g/mol. The predicted molar refractivity (Wildman–Crippen MR) is 90.3 cm³/mol. The zero-order chi connectivity index (χ0) is 16.4. The van der Waals surface area contributed by atoms with E-state index in [9.17, 15) is 8.42 Å². The van der Waals surface area contributed by atoms with Gasteiger partial charge in [-0.25, -0.2) is 8.42 Å². The van der Waals surface area contributed by atoms with Crippen LogP contribution in [0.5, 0.6) is 0 Å². The fraction of sp³-hybridized carbons (Fsp3) is 0.471. The minimum atomic E-state index is -3.13. The predicted octanol–water partition coefficient (Wildman–Crippen LogP) is 1.47. The van der Waals surface area contributed by atoms with Crippen LogP contribution < -0.4 is 0 Å². The van der Waals surface area contributed by atoms with Crippen molar-refractivity contribution >= 4 is 9.84 Å². The van der Waals surface area contributed by atoms with Crippen LogP contribution in [-0.2, 0) is 36.1 Å². The fourth-order valence-corrected chi connectivity index (χ4v) is 3.76. The molecular formula is C17H23N3O2S. The number of hydrogen-bond acceptors (Lipinski definition) is 4. The third kappa shape index (κ3) is 4.00. The summed E-state index contributed by atoms with van der Waals surface area (Å²) in [6.07, 6.45) is 8.14. The number of sulfone groups is 1. The topological polar surface area (TPSA) is 55.2 Å². The second-order valence-electron chi connectivity index (χ2n) is 6.32. The van der Waals surface area contributed by atoms with Gasteiger partial charge < -0.3 is 4.90 Å². The van der Waals surface area contributed by atoms with Crippen molar-refractivity contribution in [3.05, 3.63) is 47.3 Å². The zero-order valence-corrected chi connectivity index (χ0v) is 14.5. The van der Waals surface area contributed by atoms with Gasteiger partial charge in [0.05, 0.1) is 11.1 Å². The number of fused-ring (bicyclic) bond motifs is 1. The largest absolute Gasteiger partial charge is 0.302 e. The lowest BCUT2D eigenvalue weighted by Gasteiger charge is -2.19. The highest BCUT2D eigenvalue weighted by atomic mass is 32.2. The Bertz CT molecular complexity index is 796. The third-order valence-corrected chi connectivity index (χ3v) is 5.59. The van der Waals surface area contributed by atoms with E-state index >= 15 is 0 Å². The lowest BCUT2D eigenvalue weighted by molar-refractivity contribution is 0.291. The molecule has 0 radical (unpaired) electrons. The van der Waals surface area contributed by atoms with E-state index in [4.69, 9.17) is 0 Å². The van der Waals surface area contributed by atoms with Crippen molar-refractivity contribution in [1.82, 2.24) is 14.7 Å². The van der Waals surface area contributed by atoms with Crippen molar-refractivity contribution in [3.8, 4) is 0 Å². The molecule has 0 bridgehead atoms. The molecule has 1 aliphatic rings. The van der Waals surface area contributed by atoms with Crippen molar-refractivity contribution in [1.29, 1.82) is 0 Å². The molecule has 1 aromatic heterocycles. The molecule has 124 valence electrons. The van der Waals surface area contributed by atoms with Gasteiger partial charge in [-0.2, -0.15) is 5.10 Å². The van der Waals surface area contributed by atoms with Crippen LogP contribution in [-0.4, -0.2) is 49.0 Å². The van der Waals surface area contributed by atoms with E-state index in [1.165, 1.54) is 22.9 Å². The summed E-state index contributed by atoms with van der Waals surface area (Å²) < 4.78 is 25.3. The van der Waals surface area contributed by atoms with Crippen LogP contribution in [0.25, 0.3) is 0 Å². The van der Waals surface area contributed by atoms with Crippen LogP contribution in [0, 0.1) is 0 Å². The maximum atomic E-state index is 11.7. The molecule has 0 fully saturated rings. The summed E-state index contributed by atoms with van der Waals surface area (Å²) in [6, 6.07) is 5.57. The molecule has 2 aromatic rings. The first-order chi connectivity index (χ1) is 10.9. The van der Waals surface area contributed by atoms with Gasteiger partial charge in [-0.05, 0) is 48.1 Å². The van der Waals surface area contributed by atoms with Crippen molar-refractivity contribution in [2.75, 3.05) is 25.9 Å². The number of benzene rings is 1. The van der Waals surface area contributed by atoms with E-state index in [0.29, 0.717) is 4.90 Å². The highest BCUT2D eigenvalue weighted by Gasteiger charge is 2.16. The molecule has 0 spiro atoms. The lowest BCUT2D eigenvalue weighted by Crippen LogP contribution is -2.28. The maximum Gasteiger partial charge on any atom is 0.175 e. The average molecular weight is 333 g/mol. The van der Waals surface area contributed by atoms with E-state index in [2.05, 4.69) is 16.2 Å². The fourth-order valence-electron chi connectivity index (χ4n) is 3.09. The molecule has 0 atom stereocenters. The van der Waals surface area contributed by atoms with E-state index in [-0.39, 0.29) is 0 Å². The van der Waals surface area contributed by atoms with E-state index in [1.807, 2.05) is 30.1 Å². The summed E-state index contributed by atoms with van der Waals surface area (Å²) in [6.45, 7) is 3.00. The summed E-state index contributed by atoms with van der Waals surface area (Å²) in [5.41, 5.74) is 3.71. The Kier molecular flexibility index (Phi) is 4.55. The molecule has 0 saturated carbocycles. The second kappa shape index (κ2) is 6.45. The minimum Gasteiger partial charge on any atom is -0.302 e. The van der Waals surface area contributed by atoms with E-state index in [0.717, 1.165) is 38.9 Å². The molecule has 0 N–H and O–H groups in total. The van der Waals surface area contributed by atoms with Crippen LogP contribution in [0.4, 0.5) is 0 Å². The molecule has 1 aromatic carbocycles. The van der Waals surface area contributed by atoms with Gasteiger partial charge in [0.1, 0.15) is 0 Å². The van der Waals surface area contributed by atoms with Gasteiger partial charge in [-0.1, -0.05) is 6.07 Å². The van der Waals surface area contributed by atoms with Crippen molar-refractivity contribution < 1.29 is 8.42 Å². The summed E-state index contributed by atoms with van der Waals surface area (Å²) >= 11 is 0. The molecule has 23 heavy (non-hydrogen) atoms. The van der Waals surface area contributed by atoms with Crippen molar-refractivity contribution in [3.63, 3.8) is 0 Å². The van der Waals surface area contributed by atoms with E-state index in [1.54, 1.807) is 6.07 Å². The van der Waals surface area contributed by atoms with E-state index < -0.39 is 9.84 Å². The molecule has 0 saturated heterocycles. The standard InChI is InChI=1S/C17H23N3O2S/c1-19-13-14(12-18-19)5-8-20-9-6-15-3-4-17(23(2,21)22)11-16(15)7-10-20/h3-4,11-13H,5-10H2,1-2H3. The lowest BCUT2D eigenvalue weighted by atomic mass is 10.0. The minimum absolute atomic E-state index is 0.431. The SMILES string of the molecule is Cn1cc(CCN2CCc3ccc(S(C)(=O)=O)cc3CC2)cn1. The summed E-state index contributed by atoms with van der Waals surface area (Å²) in [5, 5.41) is 4.21. The number of aromatic nitrogens is 2. The highest BCUT2D eigenvalue weighted by molar-refractivity contribution is 7.90. The van der Waals surface area contributed by atoms with Crippen LogP contribution >= 0.6 is 0 Å². The Morgan fingerprint density at radius 3 is 2.57 bits per heavy atom. The van der Waals surface area contributed by atoms with Gasteiger partial charge in [0, 0.05) is 39.1 Å². The maximum absolute atomic E-state index is 11.7. The van der Waals surface area contributed by atoms with Crippen molar-refractivity contribution in [2.45, 2.75) is 24.2 Å². The summed E-state index contributed by atoms with van der Waals surface area (Å²) in [4.78, 5) is 2.88. The van der Waals surface area contributed by atoms with Gasteiger partial charge >= 0.3 is 0 Å². The molecule has 0 aliphatic carbocycles. The first kappa shape index (κ1) is 16.2. The number of aryl methyl sites for hydroxylation is 1. The zero-order valence-electron chi connectivity index (χ0n) is 13.7. The molecule has 0 amide bonds. The Morgan fingerprint density at radius 1 is 1.17 bits per heavy atom. The quantitative estimate of drug-likeness (QED) is 0.850. The van der Waals surface area contributed by atoms with Gasteiger partial charge in [-0.15, -0.1) is 0 Å². The molecule has 3 rings (SSSR count). The van der Waals surface area contributed by atoms with Gasteiger partial charge in [0.15, 0.2) is 9.84 Å². The smallest absolute Gasteiger partial charge is 0.175 e. The third-order valence-electron chi connectivity index (χ3n) is 4.48. The highest BCUT2D eigenvalue weighted by Crippen LogP contribution is 2.20. The van der Waals surface area contributed by atoms with Crippen LogP contribution in [0.1, 0.15) is 16.7 Å². The second-order valence-corrected chi connectivity index (χ2v) is 8.33. The molecule has 1 aliphatic heterocycles. The van der Waals surface area contributed by atoms with Crippen LogP contribution in [0.15, 0.2) is 35.5 Å². The van der Waals surface area contributed by atoms with Crippen LogP contribution in [0.2, 0.25) is 0 Å². The number of rotatable bonds is 4. The first-order valence-electron chi connectivity index (χ1n) is 7.93. The van der Waals surface area contributed by atoms with Gasteiger partial charge in [-0.3, -0.25) is 4.68 Å². The van der Waals surface area contributed by atoms with Gasteiger partial charge in [0.2, 0.25) is 0 Å².